The molecule has 0 amide bonds. The number of benzene rings is 1. The van der Waals surface area contributed by atoms with Gasteiger partial charge in [-0.05, 0) is 0 Å². The summed E-state index contributed by atoms with van der Waals surface area (Å²) in [4.78, 5) is 0. The van der Waals surface area contributed by atoms with E-state index in [9.17, 15) is 0 Å². The van der Waals surface area contributed by atoms with Crippen LogP contribution < -0.4 is 0 Å². The molecule has 44 valence electrons. The third kappa shape index (κ3) is 0.939. The SMILES string of the molecule is c1ccc2[se]c[s+]c2c1. The number of rotatable bonds is 0. The third-order valence-electron chi connectivity index (χ3n) is 1.20. The molecule has 0 atom stereocenters. The Bertz CT molecular complexity index is 283. The Balaban J connectivity index is 2.95. The van der Waals surface area contributed by atoms with Crippen LogP contribution in [0, 0.1) is 0 Å². The molecule has 1 aromatic heterocycles. The Labute approximate surface area is 63.5 Å². The molecule has 0 aliphatic carbocycles. The van der Waals surface area contributed by atoms with Crippen LogP contribution in [0.15, 0.2) is 28.5 Å². The van der Waals surface area contributed by atoms with Gasteiger partial charge in [0, 0.05) is 0 Å². The van der Waals surface area contributed by atoms with Crippen molar-refractivity contribution in [2.45, 2.75) is 0 Å². The molecule has 0 N–H and O–H groups in total. The van der Waals surface area contributed by atoms with Crippen LogP contribution >= 0.6 is 11.3 Å². The summed E-state index contributed by atoms with van der Waals surface area (Å²) in [7, 11) is 0. The number of fused-ring (bicyclic) bond motifs is 1. The van der Waals surface area contributed by atoms with Crippen molar-refractivity contribution in [3.05, 3.63) is 28.5 Å². The zero-order valence-electron chi connectivity index (χ0n) is 4.70. The fraction of sp³-hybridized carbons (Fsp3) is 0. The van der Waals surface area contributed by atoms with Crippen molar-refractivity contribution in [1.82, 2.24) is 0 Å². The van der Waals surface area contributed by atoms with Crippen LogP contribution in [-0.2, 0) is 0 Å². The Hall–Kier alpha value is -0.171. The molecule has 0 unspecified atom stereocenters. The topological polar surface area (TPSA) is 0 Å². The van der Waals surface area contributed by atoms with Gasteiger partial charge in [-0.25, -0.2) is 0 Å². The summed E-state index contributed by atoms with van der Waals surface area (Å²) in [5, 5.41) is 0. The van der Waals surface area contributed by atoms with E-state index in [0.717, 1.165) is 0 Å². The summed E-state index contributed by atoms with van der Waals surface area (Å²) in [5.74, 6) is 0. The molecule has 0 spiro atoms. The maximum atomic E-state index is 2.30. The van der Waals surface area contributed by atoms with Crippen molar-refractivity contribution in [2.75, 3.05) is 0 Å². The van der Waals surface area contributed by atoms with Gasteiger partial charge < -0.3 is 0 Å². The molecular weight excluding hydrogens is 195 g/mol. The van der Waals surface area contributed by atoms with Gasteiger partial charge in [0.2, 0.25) is 0 Å². The van der Waals surface area contributed by atoms with E-state index in [1.54, 1.807) is 0 Å². The zero-order valence-corrected chi connectivity index (χ0v) is 7.23. The predicted octanol–water partition coefficient (Wildman–Crippen LogP) is 2.24. The summed E-state index contributed by atoms with van der Waals surface area (Å²) in [6.45, 7) is 0. The van der Waals surface area contributed by atoms with Crippen LogP contribution in [-0.4, -0.2) is 14.5 Å². The quantitative estimate of drug-likeness (QED) is 0.452. The maximum absolute atomic E-state index is 2.30. The molecular formula is C7H5SSe+. The Kier molecular flexibility index (Phi) is 1.38. The molecule has 2 heteroatoms. The van der Waals surface area contributed by atoms with E-state index in [1.165, 1.54) is 8.96 Å². The molecule has 0 saturated heterocycles. The average Bonchev–Trinajstić information content (AvgIpc) is 2.33. The van der Waals surface area contributed by atoms with Crippen molar-refractivity contribution >= 4 is 34.8 Å². The van der Waals surface area contributed by atoms with Crippen LogP contribution in [0.5, 0.6) is 0 Å². The van der Waals surface area contributed by atoms with Crippen molar-refractivity contribution in [2.24, 2.45) is 0 Å². The number of hydrogen-bond acceptors (Lipinski definition) is 0. The van der Waals surface area contributed by atoms with Gasteiger partial charge >= 0.3 is 63.3 Å². The molecule has 0 bridgehead atoms. The monoisotopic (exact) mass is 201 g/mol. The van der Waals surface area contributed by atoms with Crippen molar-refractivity contribution < 1.29 is 0 Å². The summed E-state index contributed by atoms with van der Waals surface area (Å²) in [6.07, 6.45) is 0. The van der Waals surface area contributed by atoms with E-state index in [1.807, 2.05) is 11.3 Å². The first kappa shape index (κ1) is 5.60. The first-order chi connectivity index (χ1) is 4.47. The summed E-state index contributed by atoms with van der Waals surface area (Å²) >= 11 is 2.51. The van der Waals surface area contributed by atoms with E-state index >= 15 is 0 Å². The van der Waals surface area contributed by atoms with Gasteiger partial charge in [-0.3, -0.25) is 0 Å². The first-order valence-corrected chi connectivity index (χ1v) is 5.43. The van der Waals surface area contributed by atoms with E-state index < -0.39 is 0 Å². The van der Waals surface area contributed by atoms with Crippen LogP contribution in [0.25, 0.3) is 8.96 Å². The van der Waals surface area contributed by atoms with Gasteiger partial charge in [0.15, 0.2) is 0 Å². The van der Waals surface area contributed by atoms with E-state index in [2.05, 4.69) is 28.5 Å². The summed E-state index contributed by atoms with van der Waals surface area (Å²) in [5.41, 5.74) is 0. The Morgan fingerprint density at radius 2 is 2.11 bits per heavy atom. The van der Waals surface area contributed by atoms with E-state index in [4.69, 9.17) is 0 Å². The van der Waals surface area contributed by atoms with Gasteiger partial charge in [0.05, 0.1) is 0 Å². The van der Waals surface area contributed by atoms with E-state index in [-0.39, 0.29) is 0 Å². The molecule has 0 fully saturated rings. The molecule has 0 radical (unpaired) electrons. The molecule has 2 rings (SSSR count). The molecule has 1 heterocycles. The molecule has 9 heavy (non-hydrogen) atoms. The molecule has 1 aromatic carbocycles. The standard InChI is InChI=1S/C7H5SSe/c1-2-4-7-6(3-1)8-5-9-7/h1-5H/q+1. The second kappa shape index (κ2) is 2.22. The fourth-order valence-electron chi connectivity index (χ4n) is 0.773. The third-order valence-corrected chi connectivity index (χ3v) is 4.78. The minimum absolute atomic E-state index is 0.640. The van der Waals surface area contributed by atoms with Crippen molar-refractivity contribution in [3.8, 4) is 0 Å². The van der Waals surface area contributed by atoms with Crippen LogP contribution in [0.4, 0.5) is 0 Å². The number of hydrogen-bond donors (Lipinski definition) is 0. The Morgan fingerprint density at radius 3 is 3.00 bits per heavy atom. The van der Waals surface area contributed by atoms with Gasteiger partial charge in [0.1, 0.15) is 0 Å². The molecule has 0 saturated carbocycles. The van der Waals surface area contributed by atoms with Gasteiger partial charge in [-0.2, -0.15) is 0 Å². The summed E-state index contributed by atoms with van der Waals surface area (Å²) < 4.78 is 5.30. The van der Waals surface area contributed by atoms with Gasteiger partial charge in [-0.15, -0.1) is 0 Å². The fourth-order valence-corrected chi connectivity index (χ4v) is 4.25. The first-order valence-electron chi connectivity index (χ1n) is 2.71. The van der Waals surface area contributed by atoms with Gasteiger partial charge in [-0.1, -0.05) is 0 Å². The minimum atomic E-state index is 0.640. The predicted molar refractivity (Wildman–Crippen MR) is 43.2 cm³/mol. The Morgan fingerprint density at radius 1 is 1.22 bits per heavy atom. The van der Waals surface area contributed by atoms with Crippen LogP contribution in [0.1, 0.15) is 0 Å². The molecule has 0 aliphatic rings. The molecule has 0 nitrogen and oxygen atoms in total. The second-order valence-electron chi connectivity index (χ2n) is 1.78. The average molecular weight is 200 g/mol. The van der Waals surface area contributed by atoms with Crippen molar-refractivity contribution in [3.63, 3.8) is 0 Å². The van der Waals surface area contributed by atoms with Crippen LogP contribution in [0.2, 0.25) is 0 Å². The van der Waals surface area contributed by atoms with Crippen molar-refractivity contribution in [1.29, 1.82) is 0 Å². The van der Waals surface area contributed by atoms with E-state index in [0.29, 0.717) is 14.5 Å². The molecule has 2 aromatic rings. The van der Waals surface area contributed by atoms with Crippen LogP contribution in [0.3, 0.4) is 0 Å². The van der Waals surface area contributed by atoms with Gasteiger partial charge in [0.25, 0.3) is 0 Å². The second-order valence-corrected chi connectivity index (χ2v) is 5.28. The molecule has 0 aliphatic heterocycles. The zero-order chi connectivity index (χ0) is 6.10. The normalized spacial score (nSPS) is 10.2. The summed E-state index contributed by atoms with van der Waals surface area (Å²) in [6, 6.07) is 8.61.